The molecule has 1 fully saturated rings. The van der Waals surface area contributed by atoms with Crippen molar-refractivity contribution in [1.82, 2.24) is 9.88 Å². The molecule has 1 aliphatic rings. The molecule has 0 atom stereocenters. The Labute approximate surface area is 199 Å². The van der Waals surface area contributed by atoms with Crippen LogP contribution in [0.2, 0.25) is 0 Å². The van der Waals surface area contributed by atoms with Crippen molar-refractivity contribution < 1.29 is 27.4 Å². The molecule has 1 aliphatic heterocycles. The van der Waals surface area contributed by atoms with Crippen molar-refractivity contribution in [3.05, 3.63) is 53.8 Å². The van der Waals surface area contributed by atoms with Gasteiger partial charge >= 0.3 is 0 Å². The third-order valence-corrected chi connectivity index (χ3v) is 6.09. The van der Waals surface area contributed by atoms with Gasteiger partial charge in [-0.15, -0.1) is 12.4 Å². The Morgan fingerprint density at radius 3 is 2.58 bits per heavy atom. The average Bonchev–Trinajstić information content (AvgIpc) is 3.21. The van der Waals surface area contributed by atoms with E-state index in [0.29, 0.717) is 36.6 Å². The summed E-state index contributed by atoms with van der Waals surface area (Å²) < 4.78 is 52.0. The van der Waals surface area contributed by atoms with Gasteiger partial charge in [0.05, 0.1) is 17.9 Å². The van der Waals surface area contributed by atoms with Gasteiger partial charge in [-0.2, -0.15) is 0 Å². The number of rotatable bonds is 8. The number of halogens is 4. The van der Waals surface area contributed by atoms with Crippen LogP contribution >= 0.6 is 23.7 Å². The molecule has 6 nitrogen and oxygen atoms in total. The highest BCUT2D eigenvalue weighted by Gasteiger charge is 2.22. The van der Waals surface area contributed by atoms with E-state index >= 15 is 0 Å². The number of fused-ring (bicyclic) bond motifs is 1. The summed E-state index contributed by atoms with van der Waals surface area (Å²) in [6.07, 6.45) is 0.662. The SMILES string of the molecule is Cl.O=C(COc1ccc(F)cc1)N(CCCN1CCOCC1)c1nc2c(F)cc(F)cc2s1. The molecule has 178 valence electrons. The lowest BCUT2D eigenvalue weighted by Gasteiger charge is -2.27. The Bertz CT molecular complexity index is 1080. The molecule has 1 aromatic heterocycles. The minimum absolute atomic E-state index is 0. The molecule has 4 rings (SSSR count). The molecule has 0 radical (unpaired) electrons. The van der Waals surface area contributed by atoms with Crippen molar-refractivity contribution in [3.63, 3.8) is 0 Å². The first-order chi connectivity index (χ1) is 15.5. The summed E-state index contributed by atoms with van der Waals surface area (Å²) in [5, 5.41) is 0.277. The highest BCUT2D eigenvalue weighted by Crippen LogP contribution is 2.31. The first-order valence-electron chi connectivity index (χ1n) is 10.2. The van der Waals surface area contributed by atoms with Gasteiger partial charge in [0.25, 0.3) is 5.91 Å². The maximum atomic E-state index is 14.1. The van der Waals surface area contributed by atoms with Crippen LogP contribution in [0.15, 0.2) is 36.4 Å². The first kappa shape index (κ1) is 25.2. The minimum Gasteiger partial charge on any atom is -0.484 e. The van der Waals surface area contributed by atoms with Crippen LogP contribution in [-0.2, 0) is 9.53 Å². The van der Waals surface area contributed by atoms with Crippen molar-refractivity contribution in [2.45, 2.75) is 6.42 Å². The Morgan fingerprint density at radius 2 is 1.85 bits per heavy atom. The Balaban J connectivity index is 0.00000306. The van der Waals surface area contributed by atoms with Gasteiger partial charge in [0.1, 0.15) is 22.9 Å². The van der Waals surface area contributed by atoms with Crippen LogP contribution in [0.1, 0.15) is 6.42 Å². The molecule has 11 heteroatoms. The molecule has 0 spiro atoms. The number of aromatic nitrogens is 1. The lowest BCUT2D eigenvalue weighted by atomic mass is 10.3. The van der Waals surface area contributed by atoms with Gasteiger partial charge in [-0.1, -0.05) is 11.3 Å². The number of thiazole rings is 1. The Hall–Kier alpha value is -2.40. The number of nitrogens with zero attached hydrogens (tertiary/aromatic N) is 3. The van der Waals surface area contributed by atoms with Crippen molar-refractivity contribution in [1.29, 1.82) is 0 Å². The van der Waals surface area contributed by atoms with Crippen LogP contribution in [0.4, 0.5) is 18.3 Å². The van der Waals surface area contributed by atoms with E-state index in [9.17, 15) is 18.0 Å². The van der Waals surface area contributed by atoms with Gasteiger partial charge in [-0.25, -0.2) is 18.2 Å². The lowest BCUT2D eigenvalue weighted by Crippen LogP contribution is -2.40. The first-order valence-corrected chi connectivity index (χ1v) is 11.1. The largest absolute Gasteiger partial charge is 0.484 e. The quantitative estimate of drug-likeness (QED) is 0.461. The Kier molecular flexibility index (Phi) is 8.90. The zero-order valence-electron chi connectivity index (χ0n) is 17.6. The van der Waals surface area contributed by atoms with Crippen LogP contribution in [0, 0.1) is 17.5 Å². The van der Waals surface area contributed by atoms with E-state index in [1.807, 2.05) is 0 Å². The molecule has 33 heavy (non-hydrogen) atoms. The highest BCUT2D eigenvalue weighted by molar-refractivity contribution is 7.22. The molecule has 0 saturated carbocycles. The van der Waals surface area contributed by atoms with E-state index in [2.05, 4.69) is 9.88 Å². The summed E-state index contributed by atoms with van der Waals surface area (Å²) >= 11 is 1.05. The van der Waals surface area contributed by atoms with Crippen LogP contribution < -0.4 is 9.64 Å². The fourth-order valence-corrected chi connectivity index (χ4v) is 4.47. The topological polar surface area (TPSA) is 54.9 Å². The maximum absolute atomic E-state index is 14.1. The average molecular weight is 502 g/mol. The second-order valence-corrected chi connectivity index (χ2v) is 8.34. The van der Waals surface area contributed by atoms with Gasteiger partial charge < -0.3 is 9.47 Å². The van der Waals surface area contributed by atoms with Gasteiger partial charge in [0.2, 0.25) is 0 Å². The Morgan fingerprint density at radius 1 is 1.12 bits per heavy atom. The zero-order valence-corrected chi connectivity index (χ0v) is 19.3. The van der Waals surface area contributed by atoms with Crippen LogP contribution in [0.5, 0.6) is 5.75 Å². The number of hydrogen-bond donors (Lipinski definition) is 0. The fraction of sp³-hybridized carbons (Fsp3) is 0.364. The predicted octanol–water partition coefficient (Wildman–Crippen LogP) is 4.27. The van der Waals surface area contributed by atoms with Crippen molar-refractivity contribution in [2.75, 3.05) is 50.9 Å². The third kappa shape index (κ3) is 6.57. The number of amides is 1. The van der Waals surface area contributed by atoms with E-state index < -0.39 is 17.5 Å². The zero-order chi connectivity index (χ0) is 22.5. The van der Waals surface area contributed by atoms with Crippen LogP contribution in [-0.4, -0.2) is 61.8 Å². The number of ether oxygens (including phenoxy) is 2. The standard InChI is InChI=1S/C22H22F3N3O3S.ClH/c23-15-2-4-17(5-3-15)31-14-20(29)28(7-1-6-27-8-10-30-11-9-27)22-26-21-18(25)12-16(24)13-19(21)32-22;/h2-5,12-13H,1,6-11,14H2;1H. The van der Waals surface area contributed by atoms with E-state index in [4.69, 9.17) is 9.47 Å². The second kappa shape index (κ2) is 11.6. The van der Waals surface area contributed by atoms with Gasteiger partial charge in [-0.3, -0.25) is 14.6 Å². The molecule has 0 unspecified atom stereocenters. The van der Waals surface area contributed by atoms with E-state index in [1.54, 1.807) is 0 Å². The number of carbonyl (C=O) groups excluding carboxylic acids is 1. The van der Waals surface area contributed by atoms with Crippen LogP contribution in [0.25, 0.3) is 10.2 Å². The third-order valence-electron chi connectivity index (χ3n) is 5.07. The monoisotopic (exact) mass is 501 g/mol. The van der Waals surface area contributed by atoms with Gasteiger partial charge in [0.15, 0.2) is 17.6 Å². The summed E-state index contributed by atoms with van der Waals surface area (Å²) in [6.45, 7) is 3.82. The smallest absolute Gasteiger partial charge is 0.266 e. The van der Waals surface area contributed by atoms with Crippen molar-refractivity contribution in [2.24, 2.45) is 0 Å². The molecule has 2 aromatic carbocycles. The molecule has 1 amide bonds. The van der Waals surface area contributed by atoms with Crippen molar-refractivity contribution >= 4 is 45.0 Å². The molecule has 0 bridgehead atoms. The van der Waals surface area contributed by atoms with Crippen LogP contribution in [0.3, 0.4) is 0 Å². The predicted molar refractivity (Wildman–Crippen MR) is 123 cm³/mol. The molecular weight excluding hydrogens is 479 g/mol. The highest BCUT2D eigenvalue weighted by atomic mass is 35.5. The molecule has 0 N–H and O–H groups in total. The van der Waals surface area contributed by atoms with Crippen molar-refractivity contribution in [3.8, 4) is 5.75 Å². The fourth-order valence-electron chi connectivity index (χ4n) is 3.42. The summed E-state index contributed by atoms with van der Waals surface area (Å²) in [5.41, 5.74) is 0.0248. The number of anilines is 1. The molecule has 2 heterocycles. The lowest BCUT2D eigenvalue weighted by molar-refractivity contribution is -0.120. The number of morpholine rings is 1. The molecule has 1 saturated heterocycles. The van der Waals surface area contributed by atoms with Gasteiger partial charge in [-0.05, 0) is 36.8 Å². The van der Waals surface area contributed by atoms with E-state index in [1.165, 1.54) is 35.2 Å². The van der Waals surface area contributed by atoms with E-state index in [0.717, 1.165) is 37.0 Å². The number of benzene rings is 2. The normalized spacial score (nSPS) is 14.2. The summed E-state index contributed by atoms with van der Waals surface area (Å²) in [6, 6.07) is 7.32. The molecular formula is C22H23ClF3N3O3S. The summed E-state index contributed by atoms with van der Waals surface area (Å²) in [5.74, 6) is -1.90. The number of hydrogen-bond acceptors (Lipinski definition) is 6. The minimum atomic E-state index is -0.772. The van der Waals surface area contributed by atoms with E-state index in [-0.39, 0.29) is 35.6 Å². The second-order valence-electron chi connectivity index (χ2n) is 7.33. The molecule has 0 aliphatic carbocycles. The summed E-state index contributed by atoms with van der Waals surface area (Å²) in [4.78, 5) is 20.9. The molecule has 3 aromatic rings. The summed E-state index contributed by atoms with van der Waals surface area (Å²) in [7, 11) is 0. The maximum Gasteiger partial charge on any atom is 0.266 e. The number of carbonyl (C=O) groups is 1. The van der Waals surface area contributed by atoms with Gasteiger partial charge in [0, 0.05) is 32.2 Å².